The second kappa shape index (κ2) is 4.74. The number of nitrogens with zero attached hydrogens (tertiary/aromatic N) is 1. The molecule has 0 saturated heterocycles. The summed E-state index contributed by atoms with van der Waals surface area (Å²) in [7, 11) is 1.64. The summed E-state index contributed by atoms with van der Waals surface area (Å²) in [5.74, 6) is 1.50. The lowest BCUT2D eigenvalue weighted by molar-refractivity contribution is 0.415. The standard InChI is InChI=1S/C13H15N3O/c1-9-3-8-12(14)13(15-9)16-10-4-6-11(17-2)7-5-10/h3-8H,14H2,1-2H3,(H,15,16). The van der Waals surface area contributed by atoms with Gasteiger partial charge in [-0.15, -0.1) is 0 Å². The maximum atomic E-state index is 5.84. The van der Waals surface area contributed by atoms with Gasteiger partial charge in [-0.1, -0.05) is 0 Å². The first-order valence-electron chi connectivity index (χ1n) is 5.33. The van der Waals surface area contributed by atoms with Gasteiger partial charge in [-0.3, -0.25) is 0 Å². The lowest BCUT2D eigenvalue weighted by Crippen LogP contribution is -2.00. The van der Waals surface area contributed by atoms with Crippen LogP contribution in [0.5, 0.6) is 5.75 Å². The lowest BCUT2D eigenvalue weighted by Gasteiger charge is -2.09. The maximum absolute atomic E-state index is 5.84. The zero-order chi connectivity index (χ0) is 12.3. The van der Waals surface area contributed by atoms with Crippen molar-refractivity contribution in [3.05, 3.63) is 42.1 Å². The number of ether oxygens (including phenoxy) is 1. The first-order valence-corrected chi connectivity index (χ1v) is 5.33. The molecule has 0 amide bonds. The van der Waals surface area contributed by atoms with Gasteiger partial charge < -0.3 is 15.8 Å². The van der Waals surface area contributed by atoms with Crippen LogP contribution < -0.4 is 15.8 Å². The minimum Gasteiger partial charge on any atom is -0.497 e. The summed E-state index contributed by atoms with van der Waals surface area (Å²) in [6.07, 6.45) is 0. The summed E-state index contributed by atoms with van der Waals surface area (Å²) in [6.45, 7) is 1.93. The SMILES string of the molecule is COc1ccc(Nc2nc(C)ccc2N)cc1. The number of nitrogen functional groups attached to an aromatic ring is 1. The number of rotatable bonds is 3. The number of hydrogen-bond donors (Lipinski definition) is 2. The Hall–Kier alpha value is -2.23. The van der Waals surface area contributed by atoms with Crippen LogP contribution in [0.3, 0.4) is 0 Å². The van der Waals surface area contributed by atoms with E-state index in [9.17, 15) is 0 Å². The van der Waals surface area contributed by atoms with Crippen LogP contribution in [0, 0.1) is 6.92 Å². The fourth-order valence-electron chi connectivity index (χ4n) is 1.48. The molecular formula is C13H15N3O. The minimum absolute atomic E-state index is 0.631. The fourth-order valence-corrected chi connectivity index (χ4v) is 1.48. The molecule has 1 aromatic carbocycles. The number of methoxy groups -OCH3 is 1. The molecule has 0 radical (unpaired) electrons. The Morgan fingerprint density at radius 1 is 1.12 bits per heavy atom. The van der Waals surface area contributed by atoms with E-state index in [1.165, 1.54) is 0 Å². The van der Waals surface area contributed by atoms with Gasteiger partial charge in [0.2, 0.25) is 0 Å². The van der Waals surface area contributed by atoms with Crippen molar-refractivity contribution in [2.45, 2.75) is 6.92 Å². The highest BCUT2D eigenvalue weighted by molar-refractivity contribution is 5.68. The number of nitrogens with two attached hydrogens (primary N) is 1. The van der Waals surface area contributed by atoms with E-state index in [0.717, 1.165) is 17.1 Å². The summed E-state index contributed by atoms with van der Waals surface area (Å²) >= 11 is 0. The molecule has 1 aromatic heterocycles. The number of anilines is 3. The Bertz CT molecular complexity index is 509. The Balaban J connectivity index is 2.22. The van der Waals surface area contributed by atoms with Gasteiger partial charge in [-0.25, -0.2) is 4.98 Å². The van der Waals surface area contributed by atoms with Gasteiger partial charge in [0, 0.05) is 11.4 Å². The minimum atomic E-state index is 0.631. The van der Waals surface area contributed by atoms with Crippen LogP contribution in [0.15, 0.2) is 36.4 Å². The highest BCUT2D eigenvalue weighted by Crippen LogP contribution is 2.22. The quantitative estimate of drug-likeness (QED) is 0.849. The molecule has 2 rings (SSSR count). The predicted octanol–water partition coefficient (Wildman–Crippen LogP) is 2.72. The third kappa shape index (κ3) is 2.66. The molecule has 1 heterocycles. The van der Waals surface area contributed by atoms with Crippen molar-refractivity contribution in [2.75, 3.05) is 18.2 Å². The average Bonchev–Trinajstić information content (AvgIpc) is 2.35. The number of hydrogen-bond acceptors (Lipinski definition) is 4. The number of pyridine rings is 1. The second-order valence-corrected chi connectivity index (χ2v) is 3.74. The molecule has 0 fully saturated rings. The van der Waals surface area contributed by atoms with Crippen LogP contribution in [-0.4, -0.2) is 12.1 Å². The highest BCUT2D eigenvalue weighted by Gasteiger charge is 2.01. The largest absolute Gasteiger partial charge is 0.497 e. The second-order valence-electron chi connectivity index (χ2n) is 3.74. The van der Waals surface area contributed by atoms with Crippen LogP contribution in [0.1, 0.15) is 5.69 Å². The molecule has 88 valence electrons. The summed E-state index contributed by atoms with van der Waals surface area (Å²) < 4.78 is 5.09. The zero-order valence-electron chi connectivity index (χ0n) is 9.90. The molecule has 3 N–H and O–H groups in total. The predicted molar refractivity (Wildman–Crippen MR) is 69.7 cm³/mol. The van der Waals surface area contributed by atoms with Gasteiger partial charge in [0.25, 0.3) is 0 Å². The molecule has 17 heavy (non-hydrogen) atoms. The molecule has 0 spiro atoms. The molecule has 0 aliphatic carbocycles. The molecule has 0 saturated carbocycles. The molecule has 4 nitrogen and oxygen atoms in total. The van der Waals surface area contributed by atoms with E-state index < -0.39 is 0 Å². The van der Waals surface area contributed by atoms with Crippen LogP contribution in [0.25, 0.3) is 0 Å². The van der Waals surface area contributed by atoms with E-state index in [1.54, 1.807) is 7.11 Å². The van der Waals surface area contributed by atoms with E-state index in [-0.39, 0.29) is 0 Å². The Morgan fingerprint density at radius 2 is 1.82 bits per heavy atom. The molecular weight excluding hydrogens is 214 g/mol. The summed E-state index contributed by atoms with van der Waals surface area (Å²) in [5.41, 5.74) is 8.33. The van der Waals surface area contributed by atoms with Crippen molar-refractivity contribution in [3.8, 4) is 5.75 Å². The van der Waals surface area contributed by atoms with Crippen LogP contribution in [0.4, 0.5) is 17.2 Å². The van der Waals surface area contributed by atoms with E-state index in [1.807, 2.05) is 43.3 Å². The van der Waals surface area contributed by atoms with Crippen molar-refractivity contribution in [1.82, 2.24) is 4.98 Å². The molecule has 2 aromatic rings. The lowest BCUT2D eigenvalue weighted by atomic mass is 10.3. The van der Waals surface area contributed by atoms with E-state index >= 15 is 0 Å². The summed E-state index contributed by atoms with van der Waals surface area (Å²) in [4.78, 5) is 4.34. The van der Waals surface area contributed by atoms with Crippen molar-refractivity contribution in [2.24, 2.45) is 0 Å². The van der Waals surface area contributed by atoms with Crippen molar-refractivity contribution < 1.29 is 4.74 Å². The van der Waals surface area contributed by atoms with E-state index in [0.29, 0.717) is 11.5 Å². The maximum Gasteiger partial charge on any atom is 0.153 e. The molecule has 0 aliphatic rings. The number of aromatic nitrogens is 1. The number of aryl methyl sites for hydroxylation is 1. The van der Waals surface area contributed by atoms with Crippen LogP contribution >= 0.6 is 0 Å². The molecule has 0 unspecified atom stereocenters. The highest BCUT2D eigenvalue weighted by atomic mass is 16.5. The summed E-state index contributed by atoms with van der Waals surface area (Å²) in [5, 5.41) is 3.17. The number of benzene rings is 1. The van der Waals surface area contributed by atoms with E-state index in [4.69, 9.17) is 10.5 Å². The van der Waals surface area contributed by atoms with Crippen molar-refractivity contribution in [3.63, 3.8) is 0 Å². The molecule has 0 atom stereocenters. The van der Waals surface area contributed by atoms with Gasteiger partial charge in [0.1, 0.15) is 5.75 Å². The zero-order valence-corrected chi connectivity index (χ0v) is 9.90. The van der Waals surface area contributed by atoms with Gasteiger partial charge in [-0.05, 0) is 43.3 Å². The fraction of sp³-hybridized carbons (Fsp3) is 0.154. The van der Waals surface area contributed by atoms with Crippen LogP contribution in [0.2, 0.25) is 0 Å². The van der Waals surface area contributed by atoms with Gasteiger partial charge in [-0.2, -0.15) is 0 Å². The third-order valence-electron chi connectivity index (χ3n) is 2.42. The molecule has 4 heteroatoms. The Labute approximate surface area is 100 Å². The van der Waals surface area contributed by atoms with E-state index in [2.05, 4.69) is 10.3 Å². The topological polar surface area (TPSA) is 60.2 Å². The monoisotopic (exact) mass is 229 g/mol. The number of nitrogens with one attached hydrogen (secondary N) is 1. The average molecular weight is 229 g/mol. The molecule has 0 aliphatic heterocycles. The van der Waals surface area contributed by atoms with Crippen LogP contribution in [-0.2, 0) is 0 Å². The van der Waals surface area contributed by atoms with Crippen molar-refractivity contribution in [1.29, 1.82) is 0 Å². The molecule has 0 bridgehead atoms. The smallest absolute Gasteiger partial charge is 0.153 e. The van der Waals surface area contributed by atoms with Crippen molar-refractivity contribution >= 4 is 17.2 Å². The third-order valence-corrected chi connectivity index (χ3v) is 2.42. The Morgan fingerprint density at radius 3 is 2.47 bits per heavy atom. The van der Waals surface area contributed by atoms with Gasteiger partial charge >= 0.3 is 0 Å². The summed E-state index contributed by atoms with van der Waals surface area (Å²) in [6, 6.07) is 11.3. The van der Waals surface area contributed by atoms with Gasteiger partial charge in [0.05, 0.1) is 12.8 Å². The first kappa shape index (κ1) is 11.3. The van der Waals surface area contributed by atoms with Gasteiger partial charge in [0.15, 0.2) is 5.82 Å². The normalized spacial score (nSPS) is 10.0. The first-order chi connectivity index (χ1) is 8.19. The Kier molecular flexibility index (Phi) is 3.14.